The van der Waals surface area contributed by atoms with Crippen LogP contribution in [0, 0.1) is 6.92 Å². The summed E-state index contributed by atoms with van der Waals surface area (Å²) < 4.78 is 0. The van der Waals surface area contributed by atoms with E-state index in [4.69, 9.17) is 5.73 Å². The van der Waals surface area contributed by atoms with Gasteiger partial charge >= 0.3 is 0 Å². The lowest BCUT2D eigenvalue weighted by molar-refractivity contribution is 0.672. The van der Waals surface area contributed by atoms with Gasteiger partial charge in [0.15, 0.2) is 0 Å². The van der Waals surface area contributed by atoms with Gasteiger partial charge in [-0.05, 0) is 19.8 Å². The lowest BCUT2D eigenvalue weighted by atomic mass is 10.1. The van der Waals surface area contributed by atoms with Crippen molar-refractivity contribution in [3.63, 3.8) is 0 Å². The van der Waals surface area contributed by atoms with E-state index in [0.717, 1.165) is 36.5 Å². The molecule has 0 fully saturated rings. The summed E-state index contributed by atoms with van der Waals surface area (Å²) in [7, 11) is 0. The smallest absolute Gasteiger partial charge is 0.106 e. The lowest BCUT2D eigenvalue weighted by Crippen LogP contribution is -2.10. The Labute approximate surface area is 79.8 Å². The van der Waals surface area contributed by atoms with Crippen LogP contribution < -0.4 is 5.73 Å². The molecule has 74 valence electrons. The molecule has 1 atom stereocenters. The van der Waals surface area contributed by atoms with Crippen LogP contribution in [0.15, 0.2) is 0 Å². The lowest BCUT2D eigenvalue weighted by Gasteiger charge is -2.04. The van der Waals surface area contributed by atoms with Crippen LogP contribution in [0.5, 0.6) is 0 Å². The summed E-state index contributed by atoms with van der Waals surface area (Å²) in [6.45, 7) is 6.27. The molecule has 0 saturated carbocycles. The molecule has 3 nitrogen and oxygen atoms in total. The zero-order chi connectivity index (χ0) is 9.84. The molecule has 1 rings (SSSR count). The van der Waals surface area contributed by atoms with E-state index in [1.165, 1.54) is 0 Å². The molecule has 0 spiro atoms. The Hall–Kier alpha value is -0.830. The van der Waals surface area contributed by atoms with Gasteiger partial charge in [0.2, 0.25) is 0 Å². The summed E-state index contributed by atoms with van der Waals surface area (Å²) in [5, 5.41) is 0. The summed E-state index contributed by atoms with van der Waals surface area (Å²) in [5.74, 6) is 1.07. The number of imidazole rings is 1. The Morgan fingerprint density at radius 2 is 2.15 bits per heavy atom. The average molecular weight is 181 g/mol. The minimum Gasteiger partial charge on any atom is -0.346 e. The first-order valence-corrected chi connectivity index (χ1v) is 5.00. The van der Waals surface area contributed by atoms with E-state index in [1.54, 1.807) is 0 Å². The van der Waals surface area contributed by atoms with Gasteiger partial charge in [-0.2, -0.15) is 0 Å². The minimum atomic E-state index is 0.0851. The second-order valence-corrected chi connectivity index (χ2v) is 3.46. The fourth-order valence-electron chi connectivity index (χ4n) is 1.45. The van der Waals surface area contributed by atoms with Crippen molar-refractivity contribution >= 4 is 0 Å². The zero-order valence-electron chi connectivity index (χ0n) is 8.72. The number of hydrogen-bond donors (Lipinski definition) is 2. The van der Waals surface area contributed by atoms with Crippen molar-refractivity contribution in [2.45, 2.75) is 46.1 Å². The van der Waals surface area contributed by atoms with E-state index in [2.05, 4.69) is 23.8 Å². The molecule has 0 aliphatic heterocycles. The largest absolute Gasteiger partial charge is 0.346 e. The molecule has 0 radical (unpaired) electrons. The highest BCUT2D eigenvalue weighted by molar-refractivity contribution is 5.16. The fourth-order valence-corrected chi connectivity index (χ4v) is 1.45. The average Bonchev–Trinajstić information content (AvgIpc) is 2.46. The van der Waals surface area contributed by atoms with Crippen molar-refractivity contribution in [2.75, 3.05) is 0 Å². The van der Waals surface area contributed by atoms with Gasteiger partial charge in [0.1, 0.15) is 5.82 Å². The van der Waals surface area contributed by atoms with Crippen molar-refractivity contribution in [1.82, 2.24) is 9.97 Å². The maximum absolute atomic E-state index is 5.92. The number of nitrogens with one attached hydrogen (secondary N) is 1. The molecular formula is C10H19N3. The van der Waals surface area contributed by atoms with E-state index in [9.17, 15) is 0 Å². The van der Waals surface area contributed by atoms with Crippen LogP contribution in [0.25, 0.3) is 0 Å². The summed E-state index contributed by atoms with van der Waals surface area (Å²) in [5.41, 5.74) is 8.08. The molecule has 13 heavy (non-hydrogen) atoms. The second kappa shape index (κ2) is 4.42. The highest BCUT2D eigenvalue weighted by atomic mass is 15.0. The van der Waals surface area contributed by atoms with Crippen molar-refractivity contribution < 1.29 is 0 Å². The van der Waals surface area contributed by atoms with Crippen LogP contribution in [-0.2, 0) is 6.42 Å². The first-order valence-electron chi connectivity index (χ1n) is 5.00. The predicted octanol–water partition coefficient (Wildman–Crippen LogP) is 2.08. The molecule has 0 amide bonds. The van der Waals surface area contributed by atoms with Gasteiger partial charge < -0.3 is 10.7 Å². The third kappa shape index (κ3) is 2.31. The molecule has 3 heteroatoms. The van der Waals surface area contributed by atoms with Crippen molar-refractivity contribution in [1.29, 1.82) is 0 Å². The quantitative estimate of drug-likeness (QED) is 0.747. The van der Waals surface area contributed by atoms with Crippen molar-refractivity contribution in [2.24, 2.45) is 5.73 Å². The highest BCUT2D eigenvalue weighted by Gasteiger charge is 2.11. The molecule has 1 heterocycles. The number of H-pyrrole nitrogens is 1. The van der Waals surface area contributed by atoms with Crippen LogP contribution in [0.1, 0.15) is 49.9 Å². The highest BCUT2D eigenvalue weighted by Crippen LogP contribution is 2.16. The number of aromatic nitrogens is 2. The predicted molar refractivity (Wildman–Crippen MR) is 54.5 cm³/mol. The number of aromatic amines is 1. The van der Waals surface area contributed by atoms with Gasteiger partial charge in [-0.25, -0.2) is 4.98 Å². The van der Waals surface area contributed by atoms with Gasteiger partial charge in [0, 0.05) is 18.2 Å². The SMILES string of the molecule is CCCc1nc(C(N)CC)c(C)[nH]1. The maximum atomic E-state index is 5.92. The van der Waals surface area contributed by atoms with E-state index in [1.807, 2.05) is 6.92 Å². The maximum Gasteiger partial charge on any atom is 0.106 e. The van der Waals surface area contributed by atoms with Crippen LogP contribution in [0.3, 0.4) is 0 Å². The van der Waals surface area contributed by atoms with Gasteiger partial charge in [-0.15, -0.1) is 0 Å². The third-order valence-corrected chi connectivity index (χ3v) is 2.25. The normalized spacial score (nSPS) is 13.2. The molecule has 0 aliphatic rings. The molecule has 0 saturated heterocycles. The Bertz CT molecular complexity index is 265. The van der Waals surface area contributed by atoms with E-state index in [0.29, 0.717) is 0 Å². The Morgan fingerprint density at radius 3 is 2.69 bits per heavy atom. The molecule has 1 aromatic heterocycles. The molecule has 1 unspecified atom stereocenters. The number of aryl methyl sites for hydroxylation is 2. The standard InChI is InChI=1S/C10H19N3/c1-4-6-9-12-7(3)10(13-9)8(11)5-2/h8H,4-6,11H2,1-3H3,(H,12,13). The Balaban J connectivity index is 2.82. The molecule has 3 N–H and O–H groups in total. The minimum absolute atomic E-state index is 0.0851. The Kier molecular flexibility index (Phi) is 3.48. The van der Waals surface area contributed by atoms with E-state index in [-0.39, 0.29) is 6.04 Å². The van der Waals surface area contributed by atoms with Crippen LogP contribution in [-0.4, -0.2) is 9.97 Å². The second-order valence-electron chi connectivity index (χ2n) is 3.46. The Morgan fingerprint density at radius 1 is 1.46 bits per heavy atom. The molecular weight excluding hydrogens is 162 g/mol. The zero-order valence-corrected chi connectivity index (χ0v) is 8.72. The number of nitrogens with two attached hydrogens (primary N) is 1. The summed E-state index contributed by atoms with van der Waals surface area (Å²) >= 11 is 0. The van der Waals surface area contributed by atoms with Gasteiger partial charge in [-0.3, -0.25) is 0 Å². The van der Waals surface area contributed by atoms with Crippen LogP contribution in [0.4, 0.5) is 0 Å². The molecule has 0 aromatic carbocycles. The fraction of sp³-hybridized carbons (Fsp3) is 0.700. The van der Waals surface area contributed by atoms with Gasteiger partial charge in [0.05, 0.1) is 5.69 Å². The molecule has 0 aliphatic carbocycles. The molecule has 1 aromatic rings. The van der Waals surface area contributed by atoms with Crippen LogP contribution >= 0.6 is 0 Å². The number of hydrogen-bond acceptors (Lipinski definition) is 2. The molecule has 0 bridgehead atoms. The van der Waals surface area contributed by atoms with Gasteiger partial charge in [0.25, 0.3) is 0 Å². The van der Waals surface area contributed by atoms with E-state index < -0.39 is 0 Å². The summed E-state index contributed by atoms with van der Waals surface area (Å²) in [4.78, 5) is 7.76. The topological polar surface area (TPSA) is 54.7 Å². The van der Waals surface area contributed by atoms with Crippen molar-refractivity contribution in [3.8, 4) is 0 Å². The van der Waals surface area contributed by atoms with E-state index >= 15 is 0 Å². The van der Waals surface area contributed by atoms with Crippen LogP contribution in [0.2, 0.25) is 0 Å². The first-order chi connectivity index (χ1) is 6.19. The number of nitrogens with zero attached hydrogens (tertiary/aromatic N) is 1. The van der Waals surface area contributed by atoms with Crippen molar-refractivity contribution in [3.05, 3.63) is 17.2 Å². The summed E-state index contributed by atoms with van der Waals surface area (Å²) in [6, 6.07) is 0.0851. The number of rotatable bonds is 4. The first kappa shape index (κ1) is 10.3. The monoisotopic (exact) mass is 181 g/mol. The summed E-state index contributed by atoms with van der Waals surface area (Å²) in [6.07, 6.45) is 3.07. The third-order valence-electron chi connectivity index (χ3n) is 2.25. The van der Waals surface area contributed by atoms with Gasteiger partial charge in [-0.1, -0.05) is 13.8 Å².